The van der Waals surface area contributed by atoms with Gasteiger partial charge in [0.05, 0.1) is 4.90 Å². The second-order valence-electron chi connectivity index (χ2n) is 7.54. The van der Waals surface area contributed by atoms with Crippen molar-refractivity contribution in [3.05, 3.63) is 63.6 Å². The highest BCUT2D eigenvalue weighted by atomic mass is 32.2. The number of sulfonamides is 1. The molecule has 2 N–H and O–H groups in total. The number of esters is 1. The van der Waals surface area contributed by atoms with Crippen molar-refractivity contribution in [2.75, 3.05) is 16.6 Å². The minimum absolute atomic E-state index is 0.0151. The normalized spacial score (nSPS) is 13.1. The molecular formula is C22H22N4O5S2. The Morgan fingerprint density at radius 2 is 1.88 bits per heavy atom. The van der Waals surface area contributed by atoms with Gasteiger partial charge in [-0.3, -0.25) is 4.79 Å². The third kappa shape index (κ3) is 5.74. The molecule has 9 nitrogen and oxygen atoms in total. The van der Waals surface area contributed by atoms with Crippen molar-refractivity contribution in [3.8, 4) is 0 Å². The number of nitrogens with one attached hydrogen (secondary N) is 2. The number of fused-ring (bicyclic) bond motifs is 1. The van der Waals surface area contributed by atoms with E-state index in [-0.39, 0.29) is 10.8 Å². The van der Waals surface area contributed by atoms with Crippen molar-refractivity contribution in [2.45, 2.75) is 37.5 Å². The summed E-state index contributed by atoms with van der Waals surface area (Å²) in [6.45, 7) is 1.29. The predicted molar refractivity (Wildman–Crippen MR) is 124 cm³/mol. The highest BCUT2D eigenvalue weighted by Gasteiger charge is 2.19. The number of aromatic nitrogens is 2. The maximum atomic E-state index is 12.5. The summed E-state index contributed by atoms with van der Waals surface area (Å²) < 4.78 is 32.4. The lowest BCUT2D eigenvalue weighted by molar-refractivity contribution is -0.119. The van der Waals surface area contributed by atoms with E-state index in [0.717, 1.165) is 25.7 Å². The third-order valence-corrected chi connectivity index (χ3v) is 7.56. The predicted octanol–water partition coefficient (Wildman–Crippen LogP) is 3.32. The van der Waals surface area contributed by atoms with E-state index in [2.05, 4.69) is 20.0 Å². The van der Waals surface area contributed by atoms with Crippen LogP contribution >= 0.6 is 11.3 Å². The maximum absolute atomic E-state index is 12.5. The number of hydrogen-bond donors (Lipinski definition) is 2. The van der Waals surface area contributed by atoms with Crippen molar-refractivity contribution >= 4 is 44.9 Å². The van der Waals surface area contributed by atoms with Crippen LogP contribution in [0.25, 0.3) is 0 Å². The van der Waals surface area contributed by atoms with Gasteiger partial charge in [0.25, 0.3) is 15.9 Å². The average molecular weight is 487 g/mol. The summed E-state index contributed by atoms with van der Waals surface area (Å²) in [6, 6.07) is 9.08. The van der Waals surface area contributed by atoms with Crippen LogP contribution < -0.4 is 10.0 Å². The lowest BCUT2D eigenvalue weighted by Gasteiger charge is -2.09. The number of hydrogen-bond acceptors (Lipinski definition) is 8. The summed E-state index contributed by atoms with van der Waals surface area (Å²) in [5.41, 5.74) is 2.19. The van der Waals surface area contributed by atoms with Gasteiger partial charge in [0.1, 0.15) is 4.88 Å². The van der Waals surface area contributed by atoms with Gasteiger partial charge in [-0.15, -0.1) is 11.3 Å². The Morgan fingerprint density at radius 3 is 2.61 bits per heavy atom. The molecule has 0 aliphatic heterocycles. The Hall–Kier alpha value is -3.31. The number of rotatable bonds is 7. The Labute approximate surface area is 195 Å². The van der Waals surface area contributed by atoms with Crippen molar-refractivity contribution in [2.24, 2.45) is 0 Å². The van der Waals surface area contributed by atoms with Gasteiger partial charge in [0.2, 0.25) is 5.95 Å². The van der Waals surface area contributed by atoms with Gasteiger partial charge in [-0.2, -0.15) is 0 Å². The van der Waals surface area contributed by atoms with Crippen LogP contribution in [0.3, 0.4) is 0 Å². The standard InChI is InChI=1S/C22H22N4O5S2/c1-14-10-11-23-22(24-14)26-33(29,30)17-8-6-16(7-9-17)25-20(27)13-31-21(28)19-12-15-4-2-3-5-18(15)32-19/h6-12H,2-5,13H2,1H3,(H,25,27)(H,23,24,26). The Bertz CT molecular complexity index is 1260. The van der Waals surface area contributed by atoms with Crippen LogP contribution in [0.5, 0.6) is 0 Å². The summed E-state index contributed by atoms with van der Waals surface area (Å²) in [7, 11) is -3.88. The molecule has 172 valence electrons. The highest BCUT2D eigenvalue weighted by molar-refractivity contribution is 7.92. The lowest BCUT2D eigenvalue weighted by Crippen LogP contribution is -2.20. The summed E-state index contributed by atoms with van der Waals surface area (Å²) in [5.74, 6) is -1.07. The highest BCUT2D eigenvalue weighted by Crippen LogP contribution is 2.30. The second-order valence-corrected chi connectivity index (χ2v) is 10.4. The first-order chi connectivity index (χ1) is 15.8. The van der Waals surface area contributed by atoms with Gasteiger partial charge in [-0.25, -0.2) is 27.9 Å². The number of thiophene rings is 1. The summed E-state index contributed by atoms with van der Waals surface area (Å²) >= 11 is 1.43. The molecule has 33 heavy (non-hydrogen) atoms. The molecule has 2 heterocycles. The maximum Gasteiger partial charge on any atom is 0.348 e. The van der Waals surface area contributed by atoms with Gasteiger partial charge in [0.15, 0.2) is 6.61 Å². The molecule has 0 unspecified atom stereocenters. The van der Waals surface area contributed by atoms with E-state index in [4.69, 9.17) is 4.74 Å². The summed E-state index contributed by atoms with van der Waals surface area (Å²) in [6.07, 6.45) is 5.65. The van der Waals surface area contributed by atoms with E-state index in [1.54, 1.807) is 13.0 Å². The van der Waals surface area contributed by atoms with Crippen molar-refractivity contribution in [1.29, 1.82) is 0 Å². The monoisotopic (exact) mass is 486 g/mol. The molecule has 1 aliphatic carbocycles. The molecule has 1 aromatic carbocycles. The fraction of sp³-hybridized carbons (Fsp3) is 0.273. The van der Waals surface area contributed by atoms with Crippen LogP contribution in [0.4, 0.5) is 11.6 Å². The summed E-state index contributed by atoms with van der Waals surface area (Å²) in [4.78, 5) is 34.0. The molecule has 0 saturated heterocycles. The topological polar surface area (TPSA) is 127 Å². The molecule has 0 fully saturated rings. The minimum atomic E-state index is -3.88. The van der Waals surface area contributed by atoms with E-state index in [9.17, 15) is 18.0 Å². The van der Waals surface area contributed by atoms with Gasteiger partial charge in [-0.05, 0) is 74.6 Å². The fourth-order valence-electron chi connectivity index (χ4n) is 3.39. The van der Waals surface area contributed by atoms with Gasteiger partial charge in [-0.1, -0.05) is 0 Å². The third-order valence-electron chi connectivity index (χ3n) is 5.00. The quantitative estimate of drug-likeness (QED) is 0.490. The van der Waals surface area contributed by atoms with Crippen LogP contribution in [-0.2, 0) is 32.4 Å². The van der Waals surface area contributed by atoms with E-state index < -0.39 is 28.5 Å². The smallest absolute Gasteiger partial charge is 0.348 e. The first kappa shape index (κ1) is 22.9. The number of ether oxygens (including phenoxy) is 1. The molecule has 0 bridgehead atoms. The number of carbonyl (C=O) groups is 2. The first-order valence-electron chi connectivity index (χ1n) is 10.3. The molecule has 3 aromatic rings. The Balaban J connectivity index is 1.31. The molecule has 0 saturated carbocycles. The van der Waals surface area contributed by atoms with Crippen molar-refractivity contribution in [3.63, 3.8) is 0 Å². The van der Waals surface area contributed by atoms with Gasteiger partial charge < -0.3 is 10.1 Å². The zero-order chi connectivity index (χ0) is 23.4. The minimum Gasteiger partial charge on any atom is -0.451 e. The number of amides is 1. The van der Waals surface area contributed by atoms with Crippen LogP contribution in [0.1, 0.15) is 38.6 Å². The Kier molecular flexibility index (Phi) is 6.70. The molecule has 0 spiro atoms. The molecule has 0 radical (unpaired) electrons. The van der Waals surface area contributed by atoms with Gasteiger partial charge in [0, 0.05) is 22.5 Å². The molecule has 11 heteroatoms. The van der Waals surface area contributed by atoms with E-state index in [1.165, 1.54) is 52.2 Å². The van der Waals surface area contributed by atoms with Crippen LogP contribution in [0, 0.1) is 6.92 Å². The number of anilines is 2. The van der Waals surface area contributed by atoms with Crippen LogP contribution in [0.2, 0.25) is 0 Å². The van der Waals surface area contributed by atoms with E-state index >= 15 is 0 Å². The van der Waals surface area contributed by atoms with E-state index in [0.29, 0.717) is 16.3 Å². The van der Waals surface area contributed by atoms with Crippen molar-refractivity contribution in [1.82, 2.24) is 9.97 Å². The van der Waals surface area contributed by atoms with Crippen LogP contribution in [-0.4, -0.2) is 36.9 Å². The Morgan fingerprint density at radius 1 is 1.12 bits per heavy atom. The van der Waals surface area contributed by atoms with E-state index in [1.807, 2.05) is 6.07 Å². The number of carbonyl (C=O) groups excluding carboxylic acids is 2. The van der Waals surface area contributed by atoms with Crippen LogP contribution in [0.15, 0.2) is 47.5 Å². The summed E-state index contributed by atoms with van der Waals surface area (Å²) in [5, 5.41) is 2.58. The largest absolute Gasteiger partial charge is 0.451 e. The second kappa shape index (κ2) is 9.67. The number of nitrogens with zero attached hydrogens (tertiary/aromatic N) is 2. The SMILES string of the molecule is Cc1ccnc(NS(=O)(=O)c2ccc(NC(=O)COC(=O)c3cc4c(s3)CCCC4)cc2)n1. The molecule has 0 atom stereocenters. The lowest BCUT2D eigenvalue weighted by atomic mass is 9.99. The molecule has 2 aromatic heterocycles. The average Bonchev–Trinajstić information content (AvgIpc) is 3.22. The van der Waals surface area contributed by atoms with Crippen molar-refractivity contribution < 1.29 is 22.7 Å². The van der Waals surface area contributed by atoms with Gasteiger partial charge >= 0.3 is 5.97 Å². The first-order valence-corrected chi connectivity index (χ1v) is 12.6. The fourth-order valence-corrected chi connectivity index (χ4v) is 5.48. The molecule has 1 aliphatic rings. The molecule has 4 rings (SSSR count). The number of benzene rings is 1. The molecular weight excluding hydrogens is 464 g/mol. The zero-order valence-corrected chi connectivity index (χ0v) is 19.5. The number of aryl methyl sites for hydroxylation is 3. The molecule has 1 amide bonds. The zero-order valence-electron chi connectivity index (χ0n) is 17.8.